The van der Waals surface area contributed by atoms with Crippen molar-refractivity contribution in [2.24, 2.45) is 0 Å². The molecular weight excluding hydrogens is 180 g/mol. The Hall–Kier alpha value is -1.03. The first kappa shape index (κ1) is 11.0. The van der Waals surface area contributed by atoms with Gasteiger partial charge in [0.15, 0.2) is 0 Å². The van der Waals surface area contributed by atoms with Gasteiger partial charge in [0.2, 0.25) is 0 Å². The van der Waals surface area contributed by atoms with Crippen molar-refractivity contribution in [2.75, 3.05) is 13.1 Å². The lowest BCUT2D eigenvalue weighted by molar-refractivity contribution is 0.0515. The van der Waals surface area contributed by atoms with Gasteiger partial charge in [0.1, 0.15) is 5.60 Å². The highest BCUT2D eigenvalue weighted by molar-refractivity contribution is 5.68. The molecular formula is C10H18N2O2. The Morgan fingerprint density at radius 3 is 2.71 bits per heavy atom. The monoisotopic (exact) mass is 198 g/mol. The number of carbonyl (C=O) groups excluding carboxylic acids is 1. The van der Waals surface area contributed by atoms with Crippen molar-refractivity contribution in [3.8, 4) is 0 Å². The summed E-state index contributed by atoms with van der Waals surface area (Å²) in [6.45, 7) is 10.9. The van der Waals surface area contributed by atoms with Gasteiger partial charge in [-0.15, -0.1) is 0 Å². The number of carbonyl (C=O) groups is 1. The van der Waals surface area contributed by atoms with Crippen LogP contribution in [0.1, 0.15) is 20.8 Å². The van der Waals surface area contributed by atoms with Crippen LogP contribution in [0.2, 0.25) is 0 Å². The third-order valence-corrected chi connectivity index (χ3v) is 1.88. The molecule has 4 nitrogen and oxygen atoms in total. The van der Waals surface area contributed by atoms with Gasteiger partial charge in [-0.25, -0.2) is 4.79 Å². The van der Waals surface area contributed by atoms with E-state index in [9.17, 15) is 4.79 Å². The molecule has 80 valence electrons. The average Bonchev–Trinajstić information content (AvgIpc) is 2.32. The molecule has 0 saturated carbocycles. The summed E-state index contributed by atoms with van der Waals surface area (Å²) < 4.78 is 5.13. The molecule has 0 aromatic carbocycles. The molecule has 0 aromatic rings. The van der Waals surface area contributed by atoms with Crippen molar-refractivity contribution in [1.82, 2.24) is 10.6 Å². The quantitative estimate of drug-likeness (QED) is 0.619. The van der Waals surface area contributed by atoms with Crippen molar-refractivity contribution >= 4 is 6.09 Å². The number of hydrogen-bond acceptors (Lipinski definition) is 3. The molecule has 0 spiro atoms. The third kappa shape index (κ3) is 3.38. The van der Waals surface area contributed by atoms with Gasteiger partial charge in [0.25, 0.3) is 0 Å². The second-order valence-electron chi connectivity index (χ2n) is 4.49. The number of ether oxygens (including phenoxy) is 1. The minimum atomic E-state index is -0.447. The summed E-state index contributed by atoms with van der Waals surface area (Å²) in [6.07, 6.45) is -0.382. The summed E-state index contributed by atoms with van der Waals surface area (Å²) >= 11 is 0. The smallest absolute Gasteiger partial charge is 0.408 e. The van der Waals surface area contributed by atoms with Crippen LogP contribution in [-0.2, 0) is 4.74 Å². The minimum absolute atomic E-state index is 0.00449. The Bertz CT molecular complexity index is 243. The van der Waals surface area contributed by atoms with Gasteiger partial charge in [-0.05, 0) is 26.3 Å². The molecule has 14 heavy (non-hydrogen) atoms. The molecule has 2 N–H and O–H groups in total. The van der Waals surface area contributed by atoms with Crippen LogP contribution in [0.15, 0.2) is 12.2 Å². The Balaban J connectivity index is 2.37. The van der Waals surface area contributed by atoms with Crippen molar-refractivity contribution in [2.45, 2.75) is 32.4 Å². The van der Waals surface area contributed by atoms with E-state index in [4.69, 9.17) is 4.74 Å². The van der Waals surface area contributed by atoms with Crippen molar-refractivity contribution in [3.05, 3.63) is 12.2 Å². The summed E-state index contributed by atoms with van der Waals surface area (Å²) in [6, 6.07) is 0.00449. The van der Waals surface area contributed by atoms with E-state index in [1.54, 1.807) is 0 Å². The molecule has 1 amide bonds. The predicted octanol–water partition coefficient (Wildman–Crippen LogP) is 1.04. The van der Waals surface area contributed by atoms with Crippen LogP contribution in [0, 0.1) is 0 Å². The standard InChI is InChI=1S/C10H18N2O2/c1-7-5-11-6-8(7)12-9(13)14-10(2,3)4/h8,11H,1,5-6H2,2-4H3,(H,12,13)/t8-/m0/s1. The zero-order chi connectivity index (χ0) is 10.8. The molecule has 1 aliphatic rings. The third-order valence-electron chi connectivity index (χ3n) is 1.88. The van der Waals surface area contributed by atoms with Gasteiger partial charge in [0, 0.05) is 13.1 Å². The summed E-state index contributed by atoms with van der Waals surface area (Å²) in [5.41, 5.74) is 0.549. The van der Waals surface area contributed by atoms with E-state index in [2.05, 4.69) is 17.2 Å². The van der Waals surface area contributed by atoms with Gasteiger partial charge >= 0.3 is 6.09 Å². The fourth-order valence-electron chi connectivity index (χ4n) is 1.25. The first-order valence-corrected chi connectivity index (χ1v) is 4.76. The summed E-state index contributed by atoms with van der Waals surface area (Å²) in [4.78, 5) is 11.4. The molecule has 1 atom stereocenters. The van der Waals surface area contributed by atoms with Gasteiger partial charge in [-0.1, -0.05) is 6.58 Å². The zero-order valence-electron chi connectivity index (χ0n) is 9.02. The Kier molecular flexibility index (Phi) is 3.16. The largest absolute Gasteiger partial charge is 0.444 e. The van der Waals surface area contributed by atoms with E-state index in [1.807, 2.05) is 20.8 Å². The maximum Gasteiger partial charge on any atom is 0.408 e. The van der Waals surface area contributed by atoms with Gasteiger partial charge in [-0.2, -0.15) is 0 Å². The lowest BCUT2D eigenvalue weighted by Crippen LogP contribution is -2.40. The minimum Gasteiger partial charge on any atom is -0.444 e. The van der Waals surface area contributed by atoms with Crippen LogP contribution >= 0.6 is 0 Å². The molecule has 1 saturated heterocycles. The number of amides is 1. The highest BCUT2D eigenvalue weighted by Gasteiger charge is 2.23. The fraction of sp³-hybridized carbons (Fsp3) is 0.700. The number of rotatable bonds is 1. The molecule has 0 radical (unpaired) electrons. The molecule has 1 rings (SSSR count). The highest BCUT2D eigenvalue weighted by Crippen LogP contribution is 2.09. The molecule has 0 aliphatic carbocycles. The Morgan fingerprint density at radius 1 is 1.64 bits per heavy atom. The van der Waals surface area contributed by atoms with Gasteiger partial charge in [-0.3, -0.25) is 0 Å². The van der Waals surface area contributed by atoms with E-state index < -0.39 is 5.60 Å². The zero-order valence-corrected chi connectivity index (χ0v) is 9.02. The van der Waals surface area contributed by atoms with Crippen LogP contribution < -0.4 is 10.6 Å². The van der Waals surface area contributed by atoms with E-state index in [-0.39, 0.29) is 12.1 Å². The van der Waals surface area contributed by atoms with Crippen molar-refractivity contribution in [1.29, 1.82) is 0 Å². The predicted molar refractivity (Wildman–Crippen MR) is 55.2 cm³/mol. The molecule has 4 heteroatoms. The Labute approximate surface area is 84.7 Å². The maximum absolute atomic E-state index is 11.4. The lowest BCUT2D eigenvalue weighted by Gasteiger charge is -2.21. The second kappa shape index (κ2) is 4.00. The molecule has 0 unspecified atom stereocenters. The van der Waals surface area contributed by atoms with Crippen LogP contribution in [-0.4, -0.2) is 30.8 Å². The van der Waals surface area contributed by atoms with Crippen molar-refractivity contribution < 1.29 is 9.53 Å². The Morgan fingerprint density at radius 2 is 2.29 bits per heavy atom. The van der Waals surface area contributed by atoms with E-state index >= 15 is 0 Å². The molecule has 0 aromatic heterocycles. The first-order chi connectivity index (χ1) is 6.38. The summed E-state index contributed by atoms with van der Waals surface area (Å²) in [5, 5.41) is 5.88. The number of alkyl carbamates (subject to hydrolysis) is 1. The average molecular weight is 198 g/mol. The SMILES string of the molecule is C=C1CNC[C@@H]1NC(=O)OC(C)(C)C. The number of hydrogen-bond donors (Lipinski definition) is 2. The maximum atomic E-state index is 11.4. The summed E-state index contributed by atoms with van der Waals surface area (Å²) in [7, 11) is 0. The lowest BCUT2D eigenvalue weighted by atomic mass is 10.2. The fourth-order valence-corrected chi connectivity index (χ4v) is 1.25. The summed E-state index contributed by atoms with van der Waals surface area (Å²) in [5.74, 6) is 0. The van der Waals surface area contributed by atoms with Crippen molar-refractivity contribution in [3.63, 3.8) is 0 Å². The molecule has 0 bridgehead atoms. The second-order valence-corrected chi connectivity index (χ2v) is 4.49. The molecule has 1 heterocycles. The first-order valence-electron chi connectivity index (χ1n) is 4.76. The van der Waals surface area contributed by atoms with Crippen LogP contribution in [0.25, 0.3) is 0 Å². The normalized spacial score (nSPS) is 22.2. The van der Waals surface area contributed by atoms with E-state index in [0.29, 0.717) is 0 Å². The molecule has 1 fully saturated rings. The van der Waals surface area contributed by atoms with Gasteiger partial charge in [0.05, 0.1) is 6.04 Å². The van der Waals surface area contributed by atoms with E-state index in [1.165, 1.54) is 0 Å². The molecule has 1 aliphatic heterocycles. The van der Waals surface area contributed by atoms with Crippen LogP contribution in [0.5, 0.6) is 0 Å². The van der Waals surface area contributed by atoms with Crippen LogP contribution in [0.3, 0.4) is 0 Å². The van der Waals surface area contributed by atoms with Crippen LogP contribution in [0.4, 0.5) is 4.79 Å². The highest BCUT2D eigenvalue weighted by atomic mass is 16.6. The topological polar surface area (TPSA) is 50.4 Å². The van der Waals surface area contributed by atoms with Gasteiger partial charge < -0.3 is 15.4 Å². The van der Waals surface area contributed by atoms with E-state index in [0.717, 1.165) is 18.7 Å². The number of nitrogens with one attached hydrogen (secondary N) is 2.